The first-order valence-electron chi connectivity index (χ1n) is 5.68. The van der Waals surface area contributed by atoms with Gasteiger partial charge in [-0.25, -0.2) is 17.6 Å². The van der Waals surface area contributed by atoms with Gasteiger partial charge in [0.25, 0.3) is 11.8 Å². The maximum Gasteiger partial charge on any atom is 0.267 e. The van der Waals surface area contributed by atoms with Gasteiger partial charge < -0.3 is 20.9 Å². The summed E-state index contributed by atoms with van der Waals surface area (Å²) in [5, 5.41) is 0. The summed E-state index contributed by atoms with van der Waals surface area (Å²) in [4.78, 5) is 0. The monoisotopic (exact) mass is 274 g/mol. The van der Waals surface area contributed by atoms with Crippen LogP contribution in [0.15, 0.2) is 0 Å². The molecule has 2 aliphatic heterocycles. The Morgan fingerprint density at radius 1 is 0.778 bits per heavy atom. The molecule has 0 amide bonds. The fourth-order valence-electron chi connectivity index (χ4n) is 1.45. The van der Waals surface area contributed by atoms with Crippen molar-refractivity contribution in [3.63, 3.8) is 0 Å². The van der Waals surface area contributed by atoms with Gasteiger partial charge in [-0.3, -0.25) is 0 Å². The number of hydrogen-bond acceptors (Lipinski definition) is 4. The molecule has 4 nitrogen and oxygen atoms in total. The standard InChI is InChI=1S/2C5H9F2NO/c2*6-5(7)1-2-9-3-4(5)8/h2*4H,1-3,8H2. The summed E-state index contributed by atoms with van der Waals surface area (Å²) in [6.45, 7) is 0.210. The average Bonchev–Trinajstić information content (AvgIpc) is 2.28. The quantitative estimate of drug-likeness (QED) is 0.639. The molecule has 8 heteroatoms. The molecule has 2 unspecified atom stereocenters. The van der Waals surface area contributed by atoms with Gasteiger partial charge in [-0.15, -0.1) is 0 Å². The van der Waals surface area contributed by atoms with E-state index in [-0.39, 0.29) is 39.3 Å². The zero-order chi connectivity index (χ0) is 13.8. The van der Waals surface area contributed by atoms with Gasteiger partial charge in [0.1, 0.15) is 0 Å². The van der Waals surface area contributed by atoms with Gasteiger partial charge in [0.15, 0.2) is 0 Å². The number of alkyl halides is 4. The summed E-state index contributed by atoms with van der Waals surface area (Å²) >= 11 is 0. The first kappa shape index (κ1) is 15.6. The van der Waals surface area contributed by atoms with Crippen molar-refractivity contribution >= 4 is 0 Å². The van der Waals surface area contributed by atoms with E-state index in [0.29, 0.717) is 0 Å². The molecular formula is C10H18F4N2O2. The molecule has 0 bridgehead atoms. The first-order valence-corrected chi connectivity index (χ1v) is 5.68. The van der Waals surface area contributed by atoms with Crippen molar-refractivity contribution in [2.75, 3.05) is 26.4 Å². The summed E-state index contributed by atoms with van der Waals surface area (Å²) in [6, 6.07) is -2.21. The second-order valence-corrected chi connectivity index (χ2v) is 4.38. The van der Waals surface area contributed by atoms with Gasteiger partial charge in [-0.05, 0) is 0 Å². The van der Waals surface area contributed by atoms with Crippen LogP contribution in [0.5, 0.6) is 0 Å². The minimum absolute atomic E-state index is 0.0208. The van der Waals surface area contributed by atoms with E-state index in [1.54, 1.807) is 0 Å². The van der Waals surface area contributed by atoms with Crippen molar-refractivity contribution in [2.24, 2.45) is 11.5 Å². The lowest BCUT2D eigenvalue weighted by molar-refractivity contribution is -0.108. The Bertz CT molecular complexity index is 240. The van der Waals surface area contributed by atoms with Crippen LogP contribution in [0.2, 0.25) is 0 Å². The molecule has 0 aromatic rings. The molecule has 0 aromatic heterocycles. The zero-order valence-corrected chi connectivity index (χ0v) is 9.88. The Morgan fingerprint density at radius 3 is 1.28 bits per heavy atom. The lowest BCUT2D eigenvalue weighted by Crippen LogP contribution is -2.48. The highest BCUT2D eigenvalue weighted by Gasteiger charge is 2.40. The molecule has 2 aliphatic rings. The maximum absolute atomic E-state index is 12.4. The molecular weight excluding hydrogens is 256 g/mol. The molecule has 0 spiro atoms. The number of rotatable bonds is 0. The topological polar surface area (TPSA) is 70.5 Å². The van der Waals surface area contributed by atoms with Crippen LogP contribution >= 0.6 is 0 Å². The Labute approximate surface area is 103 Å². The van der Waals surface area contributed by atoms with Gasteiger partial charge in [-0.2, -0.15) is 0 Å². The molecule has 0 saturated carbocycles. The second-order valence-electron chi connectivity index (χ2n) is 4.38. The highest BCUT2D eigenvalue weighted by molar-refractivity contribution is 4.83. The molecule has 2 atom stereocenters. The SMILES string of the molecule is NC1COCCC1(F)F.NC1COCCC1(F)F. The van der Waals surface area contributed by atoms with Crippen LogP contribution in [0, 0.1) is 0 Å². The summed E-state index contributed by atoms with van der Waals surface area (Å²) in [7, 11) is 0. The smallest absolute Gasteiger partial charge is 0.267 e. The third-order valence-electron chi connectivity index (χ3n) is 2.84. The zero-order valence-electron chi connectivity index (χ0n) is 9.88. The predicted octanol–water partition coefficient (Wildman–Crippen LogP) is 0.739. The number of hydrogen-bond donors (Lipinski definition) is 2. The van der Waals surface area contributed by atoms with Crippen LogP contribution in [-0.2, 0) is 9.47 Å². The third kappa shape index (κ3) is 4.34. The predicted molar refractivity (Wildman–Crippen MR) is 56.7 cm³/mol. The van der Waals surface area contributed by atoms with Crippen molar-refractivity contribution in [1.82, 2.24) is 0 Å². The van der Waals surface area contributed by atoms with Crippen LogP contribution in [0.25, 0.3) is 0 Å². The summed E-state index contributed by atoms with van der Waals surface area (Å²) in [5.41, 5.74) is 10.1. The van der Waals surface area contributed by atoms with Crippen LogP contribution < -0.4 is 11.5 Å². The van der Waals surface area contributed by atoms with Crippen LogP contribution in [0.4, 0.5) is 17.6 Å². The lowest BCUT2D eigenvalue weighted by Gasteiger charge is -2.27. The minimum atomic E-state index is -2.71. The first-order chi connectivity index (χ1) is 8.26. The maximum atomic E-state index is 12.4. The van der Waals surface area contributed by atoms with Gasteiger partial charge in [-0.1, -0.05) is 0 Å². The largest absolute Gasteiger partial charge is 0.379 e. The fourth-order valence-corrected chi connectivity index (χ4v) is 1.45. The molecule has 0 aliphatic carbocycles. The van der Waals surface area contributed by atoms with E-state index in [1.165, 1.54) is 0 Å². The van der Waals surface area contributed by atoms with E-state index in [9.17, 15) is 17.6 Å². The lowest BCUT2D eigenvalue weighted by atomic mass is 10.1. The number of halogens is 4. The summed E-state index contributed by atoms with van der Waals surface area (Å²) in [6.07, 6.45) is -0.484. The fraction of sp³-hybridized carbons (Fsp3) is 1.00. The third-order valence-corrected chi connectivity index (χ3v) is 2.84. The van der Waals surface area contributed by atoms with Gasteiger partial charge in [0, 0.05) is 12.8 Å². The molecule has 2 fully saturated rings. The Morgan fingerprint density at radius 2 is 1.11 bits per heavy atom. The van der Waals surface area contributed by atoms with E-state index in [4.69, 9.17) is 20.9 Å². The summed E-state index contributed by atoms with van der Waals surface area (Å²) in [5.74, 6) is -5.42. The van der Waals surface area contributed by atoms with E-state index >= 15 is 0 Å². The van der Waals surface area contributed by atoms with E-state index in [1.807, 2.05) is 0 Å². The van der Waals surface area contributed by atoms with E-state index in [2.05, 4.69) is 0 Å². The minimum Gasteiger partial charge on any atom is -0.379 e. The normalized spacial score (nSPS) is 34.3. The van der Waals surface area contributed by atoms with Crippen molar-refractivity contribution in [3.8, 4) is 0 Å². The van der Waals surface area contributed by atoms with Crippen molar-refractivity contribution < 1.29 is 27.0 Å². The van der Waals surface area contributed by atoms with Crippen LogP contribution in [0.1, 0.15) is 12.8 Å². The van der Waals surface area contributed by atoms with E-state index in [0.717, 1.165) is 0 Å². The molecule has 0 aromatic carbocycles. The molecule has 2 rings (SSSR count). The molecule has 0 radical (unpaired) electrons. The summed E-state index contributed by atoms with van der Waals surface area (Å²) < 4.78 is 59.0. The van der Waals surface area contributed by atoms with Gasteiger partial charge >= 0.3 is 0 Å². The average molecular weight is 274 g/mol. The number of nitrogens with two attached hydrogens (primary N) is 2. The van der Waals surface area contributed by atoms with Gasteiger partial charge in [0.05, 0.1) is 38.5 Å². The molecule has 4 N–H and O–H groups in total. The van der Waals surface area contributed by atoms with Crippen LogP contribution in [-0.4, -0.2) is 50.4 Å². The van der Waals surface area contributed by atoms with Crippen molar-refractivity contribution in [2.45, 2.75) is 36.8 Å². The Hall–Kier alpha value is -0.440. The van der Waals surface area contributed by atoms with Crippen molar-refractivity contribution in [3.05, 3.63) is 0 Å². The molecule has 108 valence electrons. The molecule has 18 heavy (non-hydrogen) atoms. The van der Waals surface area contributed by atoms with E-state index < -0.39 is 23.9 Å². The second kappa shape index (κ2) is 6.14. The highest BCUT2D eigenvalue weighted by atomic mass is 19.3. The number of ether oxygens (including phenoxy) is 2. The molecule has 2 heterocycles. The van der Waals surface area contributed by atoms with Crippen LogP contribution in [0.3, 0.4) is 0 Å². The Kier molecular flexibility index (Phi) is 5.32. The highest BCUT2D eigenvalue weighted by Crippen LogP contribution is 2.25. The van der Waals surface area contributed by atoms with Gasteiger partial charge in [0.2, 0.25) is 0 Å². The Balaban J connectivity index is 0.000000180. The van der Waals surface area contributed by atoms with Crippen molar-refractivity contribution in [1.29, 1.82) is 0 Å². The molecule has 2 saturated heterocycles.